The van der Waals surface area contributed by atoms with Crippen molar-refractivity contribution in [2.24, 2.45) is 0 Å². The van der Waals surface area contributed by atoms with Crippen molar-refractivity contribution in [1.29, 1.82) is 0 Å². The minimum Gasteiger partial charge on any atom is -0.496 e. The highest BCUT2D eigenvalue weighted by Gasteiger charge is 2.31. The van der Waals surface area contributed by atoms with Crippen LogP contribution in [0.3, 0.4) is 0 Å². The van der Waals surface area contributed by atoms with Crippen LogP contribution in [-0.2, 0) is 6.54 Å². The minimum absolute atomic E-state index is 0.0476. The molecule has 0 radical (unpaired) electrons. The predicted octanol–water partition coefficient (Wildman–Crippen LogP) is 5.02. The van der Waals surface area contributed by atoms with Crippen molar-refractivity contribution in [3.05, 3.63) is 59.8 Å². The monoisotopic (exact) mass is 432 g/mol. The molecule has 0 aliphatic carbocycles. The summed E-state index contributed by atoms with van der Waals surface area (Å²) >= 11 is 0. The second kappa shape index (κ2) is 8.19. The third-order valence-electron chi connectivity index (χ3n) is 5.44. The molecule has 3 aromatic rings. The molecule has 31 heavy (non-hydrogen) atoms. The predicted molar refractivity (Wildman–Crippen MR) is 112 cm³/mol. The number of aromatic hydroxyl groups is 1. The highest BCUT2D eigenvalue weighted by atomic mass is 19.4. The Morgan fingerprint density at radius 1 is 1.13 bits per heavy atom. The van der Waals surface area contributed by atoms with Crippen LogP contribution in [0, 0.1) is 0 Å². The molecule has 2 heterocycles. The average Bonchev–Trinajstić information content (AvgIpc) is 3.03. The molecule has 2 aromatic carbocycles. The lowest BCUT2D eigenvalue weighted by molar-refractivity contribution is -0.274. The Hall–Kier alpha value is -3.13. The maximum absolute atomic E-state index is 12.3. The number of fused-ring (bicyclic) bond motifs is 1. The van der Waals surface area contributed by atoms with Crippen molar-refractivity contribution in [1.82, 2.24) is 9.47 Å². The van der Waals surface area contributed by atoms with Crippen LogP contribution in [0.4, 0.5) is 13.2 Å². The van der Waals surface area contributed by atoms with Crippen LogP contribution in [-0.4, -0.2) is 48.2 Å². The zero-order chi connectivity index (χ0) is 22.2. The largest absolute Gasteiger partial charge is 0.573 e. The third-order valence-corrected chi connectivity index (χ3v) is 5.44. The Balaban J connectivity index is 1.64. The number of halogens is 3. The smallest absolute Gasteiger partial charge is 0.496 e. The number of hydrogen-bond acceptors (Lipinski definition) is 4. The molecule has 1 N–H and O–H groups in total. The summed E-state index contributed by atoms with van der Waals surface area (Å²) in [6.45, 7) is 2.15. The lowest BCUT2D eigenvalue weighted by Gasteiger charge is -2.22. The molecule has 164 valence electrons. The van der Waals surface area contributed by atoms with E-state index in [0.29, 0.717) is 17.7 Å². The van der Waals surface area contributed by atoms with Crippen LogP contribution in [0.5, 0.6) is 17.4 Å². The molecule has 8 heteroatoms. The zero-order valence-corrected chi connectivity index (χ0v) is 17.2. The number of alkyl halides is 3. The summed E-state index contributed by atoms with van der Waals surface area (Å²) < 4.78 is 48.1. The highest BCUT2D eigenvalue weighted by molar-refractivity contribution is 5.96. The van der Waals surface area contributed by atoms with Gasteiger partial charge in [-0.2, -0.15) is 0 Å². The number of ether oxygens (including phenoxy) is 2. The van der Waals surface area contributed by atoms with Crippen LogP contribution in [0.15, 0.2) is 48.7 Å². The Bertz CT molecular complexity index is 1120. The van der Waals surface area contributed by atoms with E-state index in [1.807, 2.05) is 18.3 Å². The van der Waals surface area contributed by atoms with Crippen molar-refractivity contribution >= 4 is 16.3 Å². The summed E-state index contributed by atoms with van der Waals surface area (Å²) in [7, 11) is 3.65. The van der Waals surface area contributed by atoms with Gasteiger partial charge in [-0.1, -0.05) is 18.2 Å². The van der Waals surface area contributed by atoms with E-state index in [-0.39, 0.29) is 11.6 Å². The first-order valence-corrected chi connectivity index (χ1v) is 9.86. The molecular weight excluding hydrogens is 409 g/mol. The van der Waals surface area contributed by atoms with Gasteiger partial charge in [0, 0.05) is 24.7 Å². The van der Waals surface area contributed by atoms with Gasteiger partial charge in [-0.3, -0.25) is 0 Å². The fraction of sp³-hybridized carbons (Fsp3) is 0.304. The van der Waals surface area contributed by atoms with Crippen molar-refractivity contribution in [3.8, 4) is 17.4 Å². The zero-order valence-electron chi connectivity index (χ0n) is 17.2. The molecule has 0 bridgehead atoms. The quantitative estimate of drug-likeness (QED) is 0.615. The summed E-state index contributed by atoms with van der Waals surface area (Å²) in [5, 5.41) is 12.2. The Morgan fingerprint density at radius 2 is 1.87 bits per heavy atom. The summed E-state index contributed by atoms with van der Waals surface area (Å²) in [6.07, 6.45) is 0.234. The maximum atomic E-state index is 12.3. The van der Waals surface area contributed by atoms with Gasteiger partial charge >= 0.3 is 6.36 Å². The van der Waals surface area contributed by atoms with Crippen LogP contribution >= 0.6 is 0 Å². The average molecular weight is 432 g/mol. The van der Waals surface area contributed by atoms with Crippen LogP contribution < -0.4 is 9.47 Å². The van der Waals surface area contributed by atoms with E-state index < -0.39 is 6.36 Å². The van der Waals surface area contributed by atoms with Crippen LogP contribution in [0.25, 0.3) is 16.3 Å². The second-order valence-electron chi connectivity index (χ2n) is 7.66. The lowest BCUT2D eigenvalue weighted by atomic mass is 9.97. The molecule has 0 saturated carbocycles. The van der Waals surface area contributed by atoms with E-state index in [2.05, 4.69) is 22.8 Å². The van der Waals surface area contributed by atoms with Gasteiger partial charge in [0.1, 0.15) is 11.5 Å². The molecular formula is C23H23F3N2O3. The summed E-state index contributed by atoms with van der Waals surface area (Å²) in [5.41, 5.74) is 3.02. The second-order valence-corrected chi connectivity index (χ2v) is 7.66. The SMILES string of the molecule is COc1cc(C2=CCN(C)CC2)cc2cn(Cc3ccc(OC(F)(F)F)cc3)c(O)c12. The summed E-state index contributed by atoms with van der Waals surface area (Å²) in [5.74, 6) is 0.347. The van der Waals surface area contributed by atoms with E-state index in [0.717, 1.165) is 36.0 Å². The first kappa shape index (κ1) is 21.1. The minimum atomic E-state index is -4.73. The van der Waals surface area contributed by atoms with Crippen molar-refractivity contribution in [3.63, 3.8) is 0 Å². The fourth-order valence-corrected chi connectivity index (χ4v) is 3.84. The molecule has 0 saturated heterocycles. The first-order valence-electron chi connectivity index (χ1n) is 9.86. The maximum Gasteiger partial charge on any atom is 0.573 e. The highest BCUT2D eigenvalue weighted by Crippen LogP contribution is 2.39. The number of aromatic nitrogens is 1. The first-order chi connectivity index (χ1) is 14.7. The molecule has 0 atom stereocenters. The van der Waals surface area contributed by atoms with Gasteiger partial charge in [-0.05, 0) is 54.4 Å². The van der Waals surface area contributed by atoms with Gasteiger partial charge in [0.05, 0.1) is 19.0 Å². The number of methoxy groups -OCH3 is 1. The molecule has 1 aromatic heterocycles. The summed E-state index contributed by atoms with van der Waals surface area (Å²) in [4.78, 5) is 2.24. The molecule has 1 aliphatic heterocycles. The van der Waals surface area contributed by atoms with Gasteiger partial charge in [0.15, 0.2) is 0 Å². The van der Waals surface area contributed by atoms with Crippen LogP contribution in [0.2, 0.25) is 0 Å². The van der Waals surface area contributed by atoms with Gasteiger partial charge in [0.25, 0.3) is 0 Å². The topological polar surface area (TPSA) is 46.9 Å². The normalized spacial score (nSPS) is 15.2. The molecule has 0 fully saturated rings. The molecule has 0 amide bonds. The Morgan fingerprint density at radius 3 is 2.48 bits per heavy atom. The van der Waals surface area contributed by atoms with Gasteiger partial charge in [-0.15, -0.1) is 13.2 Å². The number of nitrogens with zero attached hydrogens (tertiary/aromatic N) is 2. The van der Waals surface area contributed by atoms with Gasteiger partial charge in [-0.25, -0.2) is 0 Å². The van der Waals surface area contributed by atoms with Crippen molar-refractivity contribution in [2.45, 2.75) is 19.3 Å². The van der Waals surface area contributed by atoms with Crippen molar-refractivity contribution in [2.75, 3.05) is 27.2 Å². The van der Waals surface area contributed by atoms with Gasteiger partial charge in [0.2, 0.25) is 5.88 Å². The number of hydrogen-bond donors (Lipinski definition) is 1. The van der Waals surface area contributed by atoms with E-state index >= 15 is 0 Å². The van der Waals surface area contributed by atoms with E-state index in [4.69, 9.17) is 4.74 Å². The lowest BCUT2D eigenvalue weighted by Crippen LogP contribution is -2.23. The Labute approximate surface area is 177 Å². The molecule has 0 unspecified atom stereocenters. The number of likely N-dealkylation sites (N-methyl/N-ethyl adjacent to an activating group) is 1. The molecule has 0 spiro atoms. The fourth-order valence-electron chi connectivity index (χ4n) is 3.84. The molecule has 4 rings (SSSR count). The third kappa shape index (κ3) is 4.64. The molecule has 5 nitrogen and oxygen atoms in total. The number of rotatable bonds is 5. The van der Waals surface area contributed by atoms with E-state index in [1.54, 1.807) is 11.7 Å². The summed E-state index contributed by atoms with van der Waals surface area (Å²) in [6, 6.07) is 9.56. The van der Waals surface area contributed by atoms with E-state index in [1.165, 1.54) is 29.8 Å². The van der Waals surface area contributed by atoms with Gasteiger partial charge < -0.3 is 24.0 Å². The van der Waals surface area contributed by atoms with E-state index in [9.17, 15) is 18.3 Å². The van der Waals surface area contributed by atoms with Crippen molar-refractivity contribution < 1.29 is 27.8 Å². The standard InChI is InChI=1S/C23H23F3N2O3/c1-27-9-7-16(8-10-27)17-11-18-14-28(22(29)21(18)20(12-17)30-2)13-15-3-5-19(6-4-15)31-23(24,25)26/h3-7,11-12,14,29H,8-10,13H2,1-2H3. The molecule has 1 aliphatic rings. The van der Waals surface area contributed by atoms with Crippen LogP contribution in [0.1, 0.15) is 17.5 Å². The number of benzene rings is 2. The Kier molecular flexibility index (Phi) is 5.58.